The highest BCUT2D eigenvalue weighted by atomic mass is 35.5. The summed E-state index contributed by atoms with van der Waals surface area (Å²) in [7, 11) is 0. The summed E-state index contributed by atoms with van der Waals surface area (Å²) >= 11 is 7.25. The highest BCUT2D eigenvalue weighted by Crippen LogP contribution is 2.17. The van der Waals surface area contributed by atoms with Gasteiger partial charge in [-0.3, -0.25) is 9.79 Å². The lowest BCUT2D eigenvalue weighted by molar-refractivity contribution is 0.106. The van der Waals surface area contributed by atoms with Gasteiger partial charge >= 0.3 is 0 Å². The van der Waals surface area contributed by atoms with Crippen molar-refractivity contribution in [2.75, 3.05) is 12.3 Å². The molecule has 1 aliphatic rings. The maximum absolute atomic E-state index is 11.8. The number of thioether (sulfide) groups is 1. The van der Waals surface area contributed by atoms with E-state index in [1.54, 1.807) is 24.3 Å². The Balaban J connectivity index is 2.22. The van der Waals surface area contributed by atoms with Crippen molar-refractivity contribution in [1.82, 2.24) is 0 Å². The highest BCUT2D eigenvalue weighted by Gasteiger charge is 2.17. The molecule has 0 fully saturated rings. The molecular formula is C10H8ClNOS. The van der Waals surface area contributed by atoms with Crippen LogP contribution < -0.4 is 0 Å². The minimum Gasteiger partial charge on any atom is -0.286 e. The molecule has 0 saturated carbocycles. The van der Waals surface area contributed by atoms with Crippen LogP contribution in [0, 0.1) is 0 Å². The van der Waals surface area contributed by atoms with Crippen molar-refractivity contribution in [3.05, 3.63) is 34.9 Å². The molecule has 0 atom stereocenters. The quantitative estimate of drug-likeness (QED) is 0.725. The number of benzene rings is 1. The zero-order valence-corrected chi connectivity index (χ0v) is 8.94. The molecule has 0 N–H and O–H groups in total. The second-order valence-electron chi connectivity index (χ2n) is 2.87. The van der Waals surface area contributed by atoms with Crippen LogP contribution >= 0.6 is 23.4 Å². The van der Waals surface area contributed by atoms with Crippen molar-refractivity contribution in [3.63, 3.8) is 0 Å². The SMILES string of the molecule is O=C(C1=NCCS1)c1ccc(Cl)cc1. The van der Waals surface area contributed by atoms with E-state index in [-0.39, 0.29) is 5.78 Å². The molecule has 1 aliphatic heterocycles. The molecule has 0 aromatic heterocycles. The Morgan fingerprint density at radius 2 is 2.07 bits per heavy atom. The Morgan fingerprint density at radius 1 is 1.36 bits per heavy atom. The Labute approximate surface area is 91.4 Å². The second-order valence-corrected chi connectivity index (χ2v) is 4.39. The molecule has 2 nitrogen and oxygen atoms in total. The molecular weight excluding hydrogens is 218 g/mol. The van der Waals surface area contributed by atoms with E-state index in [0.717, 1.165) is 12.3 Å². The average Bonchev–Trinajstić information content (AvgIpc) is 2.71. The summed E-state index contributed by atoms with van der Waals surface area (Å²) in [5.41, 5.74) is 0.655. The van der Waals surface area contributed by atoms with Crippen LogP contribution in [-0.2, 0) is 0 Å². The summed E-state index contributed by atoms with van der Waals surface area (Å²) < 4.78 is 0. The third-order valence-electron chi connectivity index (χ3n) is 1.89. The zero-order valence-electron chi connectivity index (χ0n) is 7.37. The van der Waals surface area contributed by atoms with E-state index < -0.39 is 0 Å². The maximum Gasteiger partial charge on any atom is 0.217 e. The van der Waals surface area contributed by atoms with Crippen LogP contribution in [0.5, 0.6) is 0 Å². The molecule has 0 unspecified atom stereocenters. The number of carbonyl (C=O) groups excluding carboxylic acids is 1. The molecule has 0 amide bonds. The number of halogens is 1. The van der Waals surface area contributed by atoms with Gasteiger partial charge in [0.1, 0.15) is 5.04 Å². The van der Waals surface area contributed by atoms with Crippen molar-refractivity contribution >= 4 is 34.2 Å². The molecule has 1 aromatic rings. The summed E-state index contributed by atoms with van der Waals surface area (Å²) in [6.45, 7) is 0.749. The van der Waals surface area contributed by atoms with Gasteiger partial charge in [0.2, 0.25) is 5.78 Å². The number of hydrogen-bond acceptors (Lipinski definition) is 3. The topological polar surface area (TPSA) is 29.4 Å². The minimum absolute atomic E-state index is 0.00386. The van der Waals surface area contributed by atoms with E-state index >= 15 is 0 Å². The molecule has 1 heterocycles. The lowest BCUT2D eigenvalue weighted by Gasteiger charge is -1.99. The van der Waals surface area contributed by atoms with Gasteiger partial charge < -0.3 is 0 Å². The van der Waals surface area contributed by atoms with Gasteiger partial charge in [-0.25, -0.2) is 0 Å². The van der Waals surface area contributed by atoms with Crippen LogP contribution in [0.25, 0.3) is 0 Å². The first-order valence-corrected chi connectivity index (χ1v) is 5.61. The zero-order chi connectivity index (χ0) is 9.97. The lowest BCUT2D eigenvalue weighted by Crippen LogP contribution is -2.08. The van der Waals surface area contributed by atoms with Gasteiger partial charge in [0.15, 0.2) is 0 Å². The third-order valence-corrected chi connectivity index (χ3v) is 3.11. The fraction of sp³-hybridized carbons (Fsp3) is 0.200. The van der Waals surface area contributed by atoms with Gasteiger partial charge in [0, 0.05) is 22.9 Å². The molecule has 0 aliphatic carbocycles. The Hall–Kier alpha value is -0.800. The number of aliphatic imine (C=N–C) groups is 1. The predicted molar refractivity (Wildman–Crippen MR) is 60.5 cm³/mol. The predicted octanol–water partition coefficient (Wildman–Crippen LogP) is 2.67. The van der Waals surface area contributed by atoms with Crippen LogP contribution in [-0.4, -0.2) is 23.1 Å². The maximum atomic E-state index is 11.8. The fourth-order valence-electron chi connectivity index (χ4n) is 1.20. The standard InChI is InChI=1S/C10H8ClNOS/c11-8-3-1-7(2-4-8)9(13)10-12-5-6-14-10/h1-4H,5-6H2. The first kappa shape index (κ1) is 9.74. The van der Waals surface area contributed by atoms with E-state index in [0.29, 0.717) is 15.6 Å². The fourth-order valence-corrected chi connectivity index (χ4v) is 2.13. The van der Waals surface area contributed by atoms with Crippen LogP contribution in [0.4, 0.5) is 0 Å². The van der Waals surface area contributed by atoms with Gasteiger partial charge in [-0.2, -0.15) is 0 Å². The van der Waals surface area contributed by atoms with Crippen molar-refractivity contribution < 1.29 is 4.79 Å². The molecule has 14 heavy (non-hydrogen) atoms. The van der Waals surface area contributed by atoms with Crippen molar-refractivity contribution in [1.29, 1.82) is 0 Å². The Morgan fingerprint density at radius 3 is 2.64 bits per heavy atom. The van der Waals surface area contributed by atoms with Crippen molar-refractivity contribution in [2.45, 2.75) is 0 Å². The van der Waals surface area contributed by atoms with Gasteiger partial charge in [0.05, 0.1) is 0 Å². The van der Waals surface area contributed by atoms with Crippen molar-refractivity contribution in [3.8, 4) is 0 Å². The Bertz CT molecular complexity index is 386. The molecule has 4 heteroatoms. The molecule has 0 saturated heterocycles. The number of rotatable bonds is 2. The van der Waals surface area contributed by atoms with E-state index in [9.17, 15) is 4.79 Å². The molecule has 1 aromatic carbocycles. The van der Waals surface area contributed by atoms with E-state index in [1.807, 2.05) is 0 Å². The first-order chi connectivity index (χ1) is 6.77. The molecule has 0 radical (unpaired) electrons. The largest absolute Gasteiger partial charge is 0.286 e. The summed E-state index contributed by atoms with van der Waals surface area (Å²) in [6.07, 6.45) is 0. The second kappa shape index (κ2) is 4.15. The summed E-state index contributed by atoms with van der Waals surface area (Å²) in [4.78, 5) is 15.9. The van der Waals surface area contributed by atoms with E-state index in [4.69, 9.17) is 11.6 Å². The highest BCUT2D eigenvalue weighted by molar-refractivity contribution is 8.16. The smallest absolute Gasteiger partial charge is 0.217 e. The van der Waals surface area contributed by atoms with Crippen LogP contribution in [0.2, 0.25) is 5.02 Å². The van der Waals surface area contributed by atoms with Crippen LogP contribution in [0.3, 0.4) is 0 Å². The van der Waals surface area contributed by atoms with Crippen LogP contribution in [0.1, 0.15) is 10.4 Å². The number of carbonyl (C=O) groups is 1. The van der Waals surface area contributed by atoms with E-state index in [2.05, 4.69) is 4.99 Å². The Kier molecular flexibility index (Phi) is 2.89. The first-order valence-electron chi connectivity index (χ1n) is 4.25. The summed E-state index contributed by atoms with van der Waals surface area (Å²) in [6, 6.07) is 6.89. The number of nitrogens with zero attached hydrogens (tertiary/aromatic N) is 1. The van der Waals surface area contributed by atoms with Gasteiger partial charge in [-0.05, 0) is 24.3 Å². The molecule has 0 spiro atoms. The number of ketones is 1. The summed E-state index contributed by atoms with van der Waals surface area (Å²) in [5, 5.41) is 1.26. The van der Waals surface area contributed by atoms with Gasteiger partial charge in [-0.15, -0.1) is 11.8 Å². The molecule has 2 rings (SSSR count). The average molecular weight is 226 g/mol. The molecule has 72 valence electrons. The van der Waals surface area contributed by atoms with E-state index in [1.165, 1.54) is 11.8 Å². The normalized spacial score (nSPS) is 15.4. The summed E-state index contributed by atoms with van der Waals surface area (Å²) in [5.74, 6) is 0.915. The number of hydrogen-bond donors (Lipinski definition) is 0. The third kappa shape index (κ3) is 1.99. The van der Waals surface area contributed by atoms with Gasteiger partial charge in [0.25, 0.3) is 0 Å². The van der Waals surface area contributed by atoms with Gasteiger partial charge in [-0.1, -0.05) is 11.6 Å². The van der Waals surface area contributed by atoms with Crippen molar-refractivity contribution in [2.24, 2.45) is 4.99 Å². The number of Topliss-reactive ketones (excluding diaryl/α,β-unsaturated/α-hetero) is 1. The minimum atomic E-state index is 0.00386. The lowest BCUT2D eigenvalue weighted by atomic mass is 10.1. The monoisotopic (exact) mass is 225 g/mol. The van der Waals surface area contributed by atoms with Crippen LogP contribution in [0.15, 0.2) is 29.3 Å². The molecule has 0 bridgehead atoms.